The van der Waals surface area contributed by atoms with E-state index in [1.807, 2.05) is 0 Å². The van der Waals surface area contributed by atoms with Crippen molar-refractivity contribution in [3.8, 4) is 0 Å². The molecule has 6 nitrogen and oxygen atoms in total. The van der Waals surface area contributed by atoms with Crippen molar-refractivity contribution in [1.82, 2.24) is 0 Å². The molecule has 0 aliphatic carbocycles. The van der Waals surface area contributed by atoms with Crippen LogP contribution in [0.2, 0.25) is 0 Å². The maximum Gasteiger partial charge on any atom is 0.309 e. The molecule has 1 heterocycles. The summed E-state index contributed by atoms with van der Waals surface area (Å²) < 4.78 is 0. The molecule has 17 heavy (non-hydrogen) atoms. The minimum Gasteiger partial charge on any atom is -0.410 e. The molecule has 0 amide bonds. The summed E-state index contributed by atoms with van der Waals surface area (Å²) in [5.74, 6) is -2.47. The van der Waals surface area contributed by atoms with E-state index in [0.29, 0.717) is 5.56 Å². The van der Waals surface area contributed by atoms with E-state index in [4.69, 9.17) is 10.0 Å². The summed E-state index contributed by atoms with van der Waals surface area (Å²) in [5.41, 5.74) is -0.178. The molecule has 1 aliphatic rings. The lowest BCUT2D eigenvalue weighted by Crippen LogP contribution is -2.38. The van der Waals surface area contributed by atoms with Gasteiger partial charge in [0.15, 0.2) is 17.2 Å². The zero-order valence-corrected chi connectivity index (χ0v) is 8.99. The molecule has 0 spiro atoms. The summed E-state index contributed by atoms with van der Waals surface area (Å²) in [4.78, 5) is 16.1. The van der Waals surface area contributed by atoms with Crippen molar-refractivity contribution in [1.29, 1.82) is 0 Å². The number of rotatable bonds is 2. The molecule has 0 bridgehead atoms. The number of carbonyl (C=O) groups is 1. The van der Waals surface area contributed by atoms with Crippen LogP contribution in [0.25, 0.3) is 0 Å². The van der Waals surface area contributed by atoms with Gasteiger partial charge in [-0.05, 0) is 0 Å². The quantitative estimate of drug-likeness (QED) is 0.580. The molecule has 1 aromatic rings. The van der Waals surface area contributed by atoms with Crippen LogP contribution < -0.4 is 0 Å². The number of oxime groups is 2. The number of Topliss-reactive ketones (excluding diaryl/α,β-unsaturated/α-hetero) is 1. The Balaban J connectivity index is 2.47. The maximum atomic E-state index is 11.2. The Hall–Kier alpha value is -2.21. The Morgan fingerprint density at radius 2 is 2.06 bits per heavy atom. The first-order valence-corrected chi connectivity index (χ1v) is 4.87. The average molecular weight is 234 g/mol. The number of ketones is 1. The van der Waals surface area contributed by atoms with Crippen LogP contribution in [0.3, 0.4) is 0 Å². The second-order valence-corrected chi connectivity index (χ2v) is 3.55. The summed E-state index contributed by atoms with van der Waals surface area (Å²) in [5, 5.41) is 25.5. The van der Waals surface area contributed by atoms with Crippen molar-refractivity contribution >= 4 is 17.2 Å². The van der Waals surface area contributed by atoms with Crippen LogP contribution in [0.4, 0.5) is 0 Å². The largest absolute Gasteiger partial charge is 0.410 e. The minimum absolute atomic E-state index is 0.196. The normalized spacial score (nSPS) is 25.5. The van der Waals surface area contributed by atoms with Gasteiger partial charge in [-0.2, -0.15) is 0 Å². The Morgan fingerprint density at radius 3 is 2.59 bits per heavy atom. The van der Waals surface area contributed by atoms with E-state index in [1.165, 1.54) is 6.92 Å². The van der Waals surface area contributed by atoms with E-state index in [0.717, 1.165) is 0 Å². The van der Waals surface area contributed by atoms with E-state index in [1.54, 1.807) is 30.3 Å². The summed E-state index contributed by atoms with van der Waals surface area (Å²) in [7, 11) is 0. The third kappa shape index (κ3) is 1.68. The fraction of sp³-hybridized carbons (Fsp3) is 0.182. The molecule has 0 fully saturated rings. The second-order valence-electron chi connectivity index (χ2n) is 3.55. The third-order valence-electron chi connectivity index (χ3n) is 2.41. The first-order valence-electron chi connectivity index (χ1n) is 4.87. The van der Waals surface area contributed by atoms with Gasteiger partial charge in [-0.3, -0.25) is 4.79 Å². The van der Waals surface area contributed by atoms with Gasteiger partial charge in [0.2, 0.25) is 0 Å². The molecular weight excluding hydrogens is 224 g/mol. The highest BCUT2D eigenvalue weighted by Gasteiger charge is 2.48. The predicted octanol–water partition coefficient (Wildman–Crippen LogP) is 0.637. The molecule has 1 aromatic carbocycles. The molecule has 88 valence electrons. The number of hydrogen-bond donors (Lipinski definition) is 2. The lowest BCUT2D eigenvalue weighted by molar-refractivity contribution is -0.149. The number of benzene rings is 1. The average Bonchev–Trinajstić information content (AvgIpc) is 2.69. The third-order valence-corrected chi connectivity index (χ3v) is 2.41. The Bertz CT molecular complexity index is 509. The van der Waals surface area contributed by atoms with E-state index >= 15 is 0 Å². The second kappa shape index (κ2) is 3.99. The Labute approximate surface area is 96.8 Å². The van der Waals surface area contributed by atoms with Crippen molar-refractivity contribution in [3.05, 3.63) is 35.9 Å². The van der Waals surface area contributed by atoms with Crippen LogP contribution in [0, 0.1) is 0 Å². The number of carbonyl (C=O) groups excluding carboxylic acids is 1. The fourth-order valence-corrected chi connectivity index (χ4v) is 1.56. The highest BCUT2D eigenvalue weighted by molar-refractivity contribution is 6.68. The lowest BCUT2D eigenvalue weighted by Gasteiger charge is -2.19. The van der Waals surface area contributed by atoms with Gasteiger partial charge in [0.05, 0.1) is 0 Å². The zero-order valence-electron chi connectivity index (χ0n) is 8.99. The van der Waals surface area contributed by atoms with E-state index in [-0.39, 0.29) is 11.4 Å². The lowest BCUT2D eigenvalue weighted by atomic mass is 9.97. The van der Waals surface area contributed by atoms with Gasteiger partial charge in [-0.1, -0.05) is 40.6 Å². The predicted molar refractivity (Wildman–Crippen MR) is 58.8 cm³/mol. The van der Waals surface area contributed by atoms with Crippen LogP contribution in [-0.4, -0.2) is 27.5 Å². The number of aliphatic hydroxyl groups is 1. The molecule has 0 aromatic heterocycles. The van der Waals surface area contributed by atoms with Gasteiger partial charge in [-0.15, -0.1) is 0 Å². The standard InChI is InChI=1S/C11H10N2O4/c1-7(14)9-10(12-16)11(15,17-13-9)8-5-3-2-4-6-8/h2-6,15-16H,1H3/b12-10+. The van der Waals surface area contributed by atoms with Gasteiger partial charge in [-0.25, -0.2) is 0 Å². The van der Waals surface area contributed by atoms with Crippen LogP contribution >= 0.6 is 0 Å². The molecule has 2 N–H and O–H groups in total. The first-order chi connectivity index (χ1) is 8.09. The van der Waals surface area contributed by atoms with Crippen molar-refractivity contribution < 1.29 is 19.9 Å². The van der Waals surface area contributed by atoms with Crippen molar-refractivity contribution in [3.63, 3.8) is 0 Å². The smallest absolute Gasteiger partial charge is 0.309 e. The molecule has 6 heteroatoms. The molecular formula is C11H10N2O4. The van der Waals surface area contributed by atoms with E-state index < -0.39 is 11.6 Å². The van der Waals surface area contributed by atoms with Gasteiger partial charge in [0.1, 0.15) is 0 Å². The highest BCUT2D eigenvalue weighted by atomic mass is 16.7. The topological polar surface area (TPSA) is 91.5 Å². The van der Waals surface area contributed by atoms with Gasteiger partial charge in [0, 0.05) is 12.5 Å². The molecule has 1 atom stereocenters. The maximum absolute atomic E-state index is 11.2. The van der Waals surface area contributed by atoms with E-state index in [2.05, 4.69) is 10.3 Å². The molecule has 1 aliphatic heterocycles. The zero-order chi connectivity index (χ0) is 12.5. The molecule has 0 saturated carbocycles. The van der Waals surface area contributed by atoms with Crippen LogP contribution in [0.5, 0.6) is 0 Å². The molecule has 0 radical (unpaired) electrons. The number of nitrogens with zero attached hydrogens (tertiary/aromatic N) is 2. The Kier molecular flexibility index (Phi) is 2.64. The summed E-state index contributed by atoms with van der Waals surface area (Å²) in [6.07, 6.45) is 0. The van der Waals surface area contributed by atoms with Crippen molar-refractivity contribution in [2.75, 3.05) is 0 Å². The molecule has 2 rings (SSSR count). The minimum atomic E-state index is -2.02. The van der Waals surface area contributed by atoms with Crippen molar-refractivity contribution in [2.45, 2.75) is 12.7 Å². The van der Waals surface area contributed by atoms with Crippen LogP contribution in [0.15, 0.2) is 40.6 Å². The van der Waals surface area contributed by atoms with Crippen LogP contribution in [-0.2, 0) is 15.4 Å². The summed E-state index contributed by atoms with van der Waals surface area (Å²) in [6, 6.07) is 8.26. The first kappa shape index (κ1) is 11.3. The summed E-state index contributed by atoms with van der Waals surface area (Å²) >= 11 is 0. The molecule has 1 unspecified atom stereocenters. The molecule has 0 saturated heterocycles. The number of hydrogen-bond acceptors (Lipinski definition) is 6. The van der Waals surface area contributed by atoms with Crippen LogP contribution in [0.1, 0.15) is 12.5 Å². The van der Waals surface area contributed by atoms with Gasteiger partial charge < -0.3 is 15.2 Å². The van der Waals surface area contributed by atoms with Crippen molar-refractivity contribution in [2.24, 2.45) is 10.3 Å². The summed E-state index contributed by atoms with van der Waals surface area (Å²) in [6.45, 7) is 1.24. The SMILES string of the molecule is CC(=O)C1=NOC(O)(c2ccccc2)/C1=N/O. The Morgan fingerprint density at radius 1 is 1.41 bits per heavy atom. The van der Waals surface area contributed by atoms with Gasteiger partial charge >= 0.3 is 5.79 Å². The highest BCUT2D eigenvalue weighted by Crippen LogP contribution is 2.30. The van der Waals surface area contributed by atoms with E-state index in [9.17, 15) is 9.90 Å². The fourth-order valence-electron chi connectivity index (χ4n) is 1.56. The van der Waals surface area contributed by atoms with Gasteiger partial charge in [0.25, 0.3) is 0 Å². The monoisotopic (exact) mass is 234 g/mol.